The van der Waals surface area contributed by atoms with E-state index in [0.29, 0.717) is 31.6 Å². The summed E-state index contributed by atoms with van der Waals surface area (Å²) in [7, 11) is 0. The van der Waals surface area contributed by atoms with Crippen molar-refractivity contribution in [1.29, 1.82) is 0 Å². The summed E-state index contributed by atoms with van der Waals surface area (Å²) in [6, 6.07) is 12.1. The Bertz CT molecular complexity index is 1130. The lowest BCUT2D eigenvalue weighted by molar-refractivity contribution is -0.120. The van der Waals surface area contributed by atoms with E-state index in [4.69, 9.17) is 5.10 Å². The Labute approximate surface area is 194 Å². The second kappa shape index (κ2) is 9.85. The van der Waals surface area contributed by atoms with Crippen LogP contribution in [0, 0.1) is 20.8 Å². The number of piperazine rings is 1. The van der Waals surface area contributed by atoms with E-state index in [1.54, 1.807) is 6.20 Å². The van der Waals surface area contributed by atoms with E-state index in [1.165, 1.54) is 11.1 Å². The molecule has 172 valence electrons. The van der Waals surface area contributed by atoms with Crippen LogP contribution < -0.4 is 15.5 Å². The molecule has 3 aromatic rings. The number of carbonyl (C=O) groups excluding carboxylic acids is 2. The Balaban J connectivity index is 1.32. The highest BCUT2D eigenvalue weighted by atomic mass is 16.2. The molecule has 0 radical (unpaired) electrons. The van der Waals surface area contributed by atoms with Gasteiger partial charge in [-0.2, -0.15) is 5.10 Å². The summed E-state index contributed by atoms with van der Waals surface area (Å²) in [5.74, 6) is 0.662. The predicted molar refractivity (Wildman–Crippen MR) is 128 cm³/mol. The van der Waals surface area contributed by atoms with Crippen molar-refractivity contribution >= 4 is 23.3 Å². The number of anilines is 2. The predicted octanol–water partition coefficient (Wildman–Crippen LogP) is 2.76. The average Bonchev–Trinajstić information content (AvgIpc) is 3.06. The third-order valence-electron chi connectivity index (χ3n) is 5.98. The van der Waals surface area contributed by atoms with Gasteiger partial charge in [0.05, 0.1) is 30.7 Å². The van der Waals surface area contributed by atoms with Gasteiger partial charge in [-0.1, -0.05) is 29.8 Å². The molecule has 1 aromatic carbocycles. The third-order valence-corrected chi connectivity index (χ3v) is 5.98. The molecular weight excluding hydrogens is 416 g/mol. The quantitative estimate of drug-likeness (QED) is 0.582. The molecule has 1 aliphatic rings. The Morgan fingerprint density at radius 3 is 2.61 bits per heavy atom. The molecule has 8 nitrogen and oxygen atoms in total. The summed E-state index contributed by atoms with van der Waals surface area (Å²) in [4.78, 5) is 30.4. The minimum atomic E-state index is -0.0630. The maximum Gasteiger partial charge on any atom is 0.239 e. The lowest BCUT2D eigenvalue weighted by Crippen LogP contribution is -2.48. The first-order valence-electron chi connectivity index (χ1n) is 11.2. The van der Waals surface area contributed by atoms with Crippen LogP contribution in [0.15, 0.2) is 42.6 Å². The molecule has 3 heterocycles. The molecule has 1 fully saturated rings. The Kier molecular flexibility index (Phi) is 6.72. The molecule has 0 atom stereocenters. The maximum absolute atomic E-state index is 12.5. The van der Waals surface area contributed by atoms with Crippen LogP contribution in [0.3, 0.4) is 0 Å². The van der Waals surface area contributed by atoms with Crippen molar-refractivity contribution in [3.8, 4) is 0 Å². The maximum atomic E-state index is 12.5. The van der Waals surface area contributed by atoms with E-state index in [9.17, 15) is 9.59 Å². The minimum Gasteiger partial charge on any atom is -0.353 e. The fourth-order valence-electron chi connectivity index (χ4n) is 4.06. The van der Waals surface area contributed by atoms with E-state index in [2.05, 4.69) is 53.7 Å². The highest BCUT2D eigenvalue weighted by Gasteiger charge is 2.18. The third kappa shape index (κ3) is 5.58. The number of aryl methyl sites for hydroxylation is 2. The number of pyridine rings is 1. The summed E-state index contributed by atoms with van der Waals surface area (Å²) < 4.78 is 2.01. The molecule has 0 spiro atoms. The summed E-state index contributed by atoms with van der Waals surface area (Å²) >= 11 is 0. The standard InChI is InChI=1S/C25H30N6O2/c1-17-4-6-20(7-5-17)15-31-19(3)22(18(2)29-31)9-11-24(32)28-21-8-10-23(27-14-21)30-13-12-26-25(33)16-30/h4-8,10,14H,9,11-13,15-16H2,1-3H3,(H,26,33)(H,28,32). The van der Waals surface area contributed by atoms with Crippen LogP contribution in [0.1, 0.15) is 34.5 Å². The van der Waals surface area contributed by atoms with E-state index in [0.717, 1.165) is 35.9 Å². The number of nitrogens with zero attached hydrogens (tertiary/aromatic N) is 4. The molecule has 0 unspecified atom stereocenters. The second-order valence-electron chi connectivity index (χ2n) is 8.52. The van der Waals surface area contributed by atoms with E-state index >= 15 is 0 Å². The van der Waals surface area contributed by atoms with E-state index in [-0.39, 0.29) is 11.8 Å². The van der Waals surface area contributed by atoms with Crippen molar-refractivity contribution in [2.75, 3.05) is 29.9 Å². The van der Waals surface area contributed by atoms with Crippen molar-refractivity contribution in [3.63, 3.8) is 0 Å². The first-order chi connectivity index (χ1) is 15.9. The van der Waals surface area contributed by atoms with Gasteiger partial charge in [-0.05, 0) is 50.5 Å². The van der Waals surface area contributed by atoms with Crippen molar-refractivity contribution in [2.45, 2.75) is 40.2 Å². The van der Waals surface area contributed by atoms with Crippen molar-refractivity contribution in [3.05, 3.63) is 70.7 Å². The number of hydrogen-bond acceptors (Lipinski definition) is 5. The molecule has 0 bridgehead atoms. The number of hydrogen-bond donors (Lipinski definition) is 2. The normalized spacial score (nSPS) is 13.7. The Morgan fingerprint density at radius 1 is 1.12 bits per heavy atom. The minimum absolute atomic E-state index is 0.00629. The monoisotopic (exact) mass is 446 g/mol. The van der Waals surface area contributed by atoms with Gasteiger partial charge in [0, 0.05) is 25.2 Å². The molecule has 1 aliphatic heterocycles. The van der Waals surface area contributed by atoms with Crippen LogP contribution in [0.4, 0.5) is 11.5 Å². The topological polar surface area (TPSA) is 92.2 Å². The van der Waals surface area contributed by atoms with Gasteiger partial charge >= 0.3 is 0 Å². The van der Waals surface area contributed by atoms with Crippen LogP contribution in [0.25, 0.3) is 0 Å². The van der Waals surface area contributed by atoms with Crippen LogP contribution in [0.5, 0.6) is 0 Å². The summed E-state index contributed by atoms with van der Waals surface area (Å²) in [6.07, 6.45) is 2.63. The molecule has 8 heteroatoms. The smallest absolute Gasteiger partial charge is 0.239 e. The molecule has 2 amide bonds. The molecule has 1 saturated heterocycles. The van der Waals surface area contributed by atoms with E-state index < -0.39 is 0 Å². The van der Waals surface area contributed by atoms with Gasteiger partial charge < -0.3 is 15.5 Å². The van der Waals surface area contributed by atoms with Crippen LogP contribution >= 0.6 is 0 Å². The first-order valence-corrected chi connectivity index (χ1v) is 11.2. The largest absolute Gasteiger partial charge is 0.353 e. The number of nitrogens with one attached hydrogen (secondary N) is 2. The van der Waals surface area contributed by atoms with Gasteiger partial charge in [-0.15, -0.1) is 0 Å². The summed E-state index contributed by atoms with van der Waals surface area (Å²) in [5.41, 5.74) is 6.27. The fourth-order valence-corrected chi connectivity index (χ4v) is 4.06. The van der Waals surface area contributed by atoms with Gasteiger partial charge in [-0.25, -0.2) is 4.98 Å². The average molecular weight is 447 g/mol. The Morgan fingerprint density at radius 2 is 1.91 bits per heavy atom. The molecule has 0 saturated carbocycles. The van der Waals surface area contributed by atoms with Gasteiger partial charge in [0.15, 0.2) is 0 Å². The molecule has 0 aliphatic carbocycles. The second-order valence-corrected chi connectivity index (χ2v) is 8.52. The first kappa shape index (κ1) is 22.5. The molecule has 2 aromatic heterocycles. The van der Waals surface area contributed by atoms with Gasteiger partial charge in [0.1, 0.15) is 5.82 Å². The molecule has 2 N–H and O–H groups in total. The lowest BCUT2D eigenvalue weighted by Gasteiger charge is -2.27. The van der Waals surface area contributed by atoms with Crippen LogP contribution in [-0.2, 0) is 22.6 Å². The zero-order valence-electron chi connectivity index (χ0n) is 19.4. The van der Waals surface area contributed by atoms with Crippen molar-refractivity contribution in [2.24, 2.45) is 0 Å². The summed E-state index contributed by atoms with van der Waals surface area (Å²) in [6.45, 7) is 8.49. The summed E-state index contributed by atoms with van der Waals surface area (Å²) in [5, 5.41) is 10.4. The SMILES string of the molecule is Cc1ccc(Cn2nc(C)c(CCC(=O)Nc3ccc(N4CCNC(=O)C4)nc3)c2C)cc1. The zero-order valence-corrected chi connectivity index (χ0v) is 19.4. The van der Waals surface area contributed by atoms with Crippen LogP contribution in [-0.4, -0.2) is 46.2 Å². The fraction of sp³-hybridized carbons (Fsp3) is 0.360. The number of amides is 2. The Hall–Kier alpha value is -3.68. The lowest BCUT2D eigenvalue weighted by atomic mass is 10.1. The number of carbonyl (C=O) groups is 2. The van der Waals surface area contributed by atoms with Crippen molar-refractivity contribution < 1.29 is 9.59 Å². The van der Waals surface area contributed by atoms with E-state index in [1.807, 2.05) is 28.6 Å². The van der Waals surface area contributed by atoms with Gasteiger partial charge in [0.2, 0.25) is 11.8 Å². The van der Waals surface area contributed by atoms with Crippen LogP contribution in [0.2, 0.25) is 0 Å². The highest BCUT2D eigenvalue weighted by Crippen LogP contribution is 2.19. The van der Waals surface area contributed by atoms with Gasteiger partial charge in [-0.3, -0.25) is 14.3 Å². The number of rotatable bonds is 7. The molecule has 4 rings (SSSR count). The van der Waals surface area contributed by atoms with Gasteiger partial charge in [0.25, 0.3) is 0 Å². The number of aromatic nitrogens is 3. The molecular formula is C25H30N6O2. The molecule has 33 heavy (non-hydrogen) atoms. The van der Waals surface area contributed by atoms with Crippen molar-refractivity contribution in [1.82, 2.24) is 20.1 Å². The highest BCUT2D eigenvalue weighted by molar-refractivity contribution is 5.90. The zero-order chi connectivity index (χ0) is 23.4. The number of benzene rings is 1.